The molecule has 3 rings (SSSR count). The van der Waals surface area contributed by atoms with Gasteiger partial charge in [0.1, 0.15) is 11.3 Å². The lowest BCUT2D eigenvalue weighted by Gasteiger charge is -2.11. The molecule has 0 saturated carbocycles. The average molecular weight is 416 g/mol. The van der Waals surface area contributed by atoms with E-state index in [1.807, 2.05) is 0 Å². The van der Waals surface area contributed by atoms with E-state index >= 15 is 0 Å². The number of sulfonamides is 1. The second kappa shape index (κ2) is 6.38. The van der Waals surface area contributed by atoms with Crippen LogP contribution < -0.4 is 10.5 Å². The van der Waals surface area contributed by atoms with Gasteiger partial charge in [-0.05, 0) is 30.3 Å². The number of rotatable bonds is 4. The summed E-state index contributed by atoms with van der Waals surface area (Å²) in [4.78, 5) is 16.4. The predicted molar refractivity (Wildman–Crippen MR) is 90.8 cm³/mol. The predicted octanol–water partition coefficient (Wildman–Crippen LogP) is 2.38. The van der Waals surface area contributed by atoms with Crippen LogP contribution in [0.5, 0.6) is 5.75 Å². The molecule has 0 aliphatic heterocycles. The zero-order valence-electron chi connectivity index (χ0n) is 13.6. The summed E-state index contributed by atoms with van der Waals surface area (Å²) < 4.78 is 62.5. The van der Waals surface area contributed by atoms with Crippen LogP contribution in [0.25, 0.3) is 11.0 Å². The Hall–Kier alpha value is -3.32. The van der Waals surface area contributed by atoms with E-state index in [1.54, 1.807) is 0 Å². The van der Waals surface area contributed by atoms with Crippen molar-refractivity contribution < 1.29 is 36.6 Å². The highest BCUT2D eigenvalue weighted by Gasteiger charge is 2.37. The number of carboxylic acid groups (broad SMARTS) is 1. The maximum absolute atomic E-state index is 13.2. The van der Waals surface area contributed by atoms with E-state index in [4.69, 9.17) is 10.2 Å². The number of aromatic hydroxyl groups is 1. The Morgan fingerprint density at radius 1 is 1.21 bits per heavy atom. The number of phenols is 1. The van der Waals surface area contributed by atoms with Gasteiger partial charge in [-0.3, -0.25) is 0 Å². The van der Waals surface area contributed by atoms with Crippen LogP contribution in [0.1, 0.15) is 15.9 Å². The van der Waals surface area contributed by atoms with Crippen LogP contribution in [0.4, 0.5) is 24.8 Å². The van der Waals surface area contributed by atoms with Gasteiger partial charge in [-0.1, -0.05) is 0 Å². The number of fused-ring (bicyclic) bond motifs is 1. The molecule has 148 valence electrons. The van der Waals surface area contributed by atoms with Crippen LogP contribution in [0.2, 0.25) is 0 Å². The number of anilines is 2. The monoisotopic (exact) mass is 416 g/mol. The Morgan fingerprint density at radius 3 is 2.46 bits per heavy atom. The van der Waals surface area contributed by atoms with E-state index in [0.29, 0.717) is 12.1 Å². The molecule has 0 radical (unpaired) electrons. The molecule has 2 aromatic carbocycles. The summed E-state index contributed by atoms with van der Waals surface area (Å²) in [6, 6.07) is 4.75. The topological polar surface area (TPSA) is 158 Å². The van der Waals surface area contributed by atoms with Crippen LogP contribution in [0, 0.1) is 0 Å². The molecule has 6 N–H and O–H groups in total. The molecule has 3 aromatic rings. The first kappa shape index (κ1) is 19.4. The fourth-order valence-electron chi connectivity index (χ4n) is 2.47. The SMILES string of the molecule is NS(=O)(=O)c1cc2[nH]c(Nc3ccc(O)c(C(=O)O)c3)nc2cc1C(F)(F)F. The van der Waals surface area contributed by atoms with Gasteiger partial charge in [0.15, 0.2) is 0 Å². The number of nitrogens with one attached hydrogen (secondary N) is 2. The molecule has 13 heteroatoms. The minimum Gasteiger partial charge on any atom is -0.507 e. The molecule has 0 bridgehead atoms. The fraction of sp³-hybridized carbons (Fsp3) is 0.0667. The number of nitrogens with zero attached hydrogens (tertiary/aromatic N) is 1. The highest BCUT2D eigenvalue weighted by atomic mass is 32.2. The third-order valence-electron chi connectivity index (χ3n) is 3.68. The van der Waals surface area contributed by atoms with Crippen LogP contribution in [-0.2, 0) is 16.2 Å². The van der Waals surface area contributed by atoms with Gasteiger partial charge in [0.2, 0.25) is 16.0 Å². The zero-order valence-corrected chi connectivity index (χ0v) is 14.4. The lowest BCUT2D eigenvalue weighted by molar-refractivity contribution is -0.139. The van der Waals surface area contributed by atoms with E-state index in [-0.39, 0.29) is 22.7 Å². The molecule has 9 nitrogen and oxygen atoms in total. The lowest BCUT2D eigenvalue weighted by atomic mass is 10.2. The van der Waals surface area contributed by atoms with Crippen molar-refractivity contribution in [1.29, 1.82) is 0 Å². The van der Waals surface area contributed by atoms with Gasteiger partial charge in [0.05, 0.1) is 21.5 Å². The third kappa shape index (κ3) is 3.70. The van der Waals surface area contributed by atoms with Crippen molar-refractivity contribution in [1.82, 2.24) is 9.97 Å². The number of imidazole rings is 1. The maximum atomic E-state index is 13.2. The molecule has 0 amide bonds. The molecular formula is C15H11F3N4O5S. The Bertz CT molecular complexity index is 1200. The number of aromatic nitrogens is 2. The van der Waals surface area contributed by atoms with Crippen molar-refractivity contribution in [3.05, 3.63) is 41.5 Å². The van der Waals surface area contributed by atoms with E-state index in [1.165, 1.54) is 6.07 Å². The molecular weight excluding hydrogens is 405 g/mol. The number of carbonyl (C=O) groups is 1. The number of H-pyrrole nitrogens is 1. The largest absolute Gasteiger partial charge is 0.507 e. The molecule has 0 aliphatic rings. The van der Waals surface area contributed by atoms with Crippen LogP contribution in [0.3, 0.4) is 0 Å². The number of hydrogen-bond donors (Lipinski definition) is 5. The molecule has 0 fully saturated rings. The number of alkyl halides is 3. The molecule has 0 aliphatic carbocycles. The van der Waals surface area contributed by atoms with Crippen molar-refractivity contribution in [2.75, 3.05) is 5.32 Å². The Kier molecular flexibility index (Phi) is 4.43. The summed E-state index contributed by atoms with van der Waals surface area (Å²) >= 11 is 0. The summed E-state index contributed by atoms with van der Waals surface area (Å²) in [5.41, 5.74) is -1.94. The fourth-order valence-corrected chi connectivity index (χ4v) is 3.24. The van der Waals surface area contributed by atoms with E-state index in [0.717, 1.165) is 12.1 Å². The lowest BCUT2D eigenvalue weighted by Crippen LogP contribution is -2.19. The summed E-state index contributed by atoms with van der Waals surface area (Å²) in [6.45, 7) is 0. The Labute approximate surface area is 154 Å². The number of primary sulfonamides is 1. The van der Waals surface area contributed by atoms with Crippen molar-refractivity contribution in [2.24, 2.45) is 5.14 Å². The number of benzene rings is 2. The van der Waals surface area contributed by atoms with Gasteiger partial charge >= 0.3 is 12.1 Å². The Morgan fingerprint density at radius 2 is 1.89 bits per heavy atom. The van der Waals surface area contributed by atoms with Gasteiger partial charge in [-0.25, -0.2) is 23.3 Å². The second-order valence-corrected chi connectivity index (χ2v) is 7.19. The summed E-state index contributed by atoms with van der Waals surface area (Å²) in [6.07, 6.45) is -4.98. The van der Waals surface area contributed by atoms with Crippen molar-refractivity contribution >= 4 is 38.7 Å². The number of halogens is 3. The zero-order chi connectivity index (χ0) is 20.9. The van der Waals surface area contributed by atoms with Crippen LogP contribution >= 0.6 is 0 Å². The molecule has 0 saturated heterocycles. The first-order chi connectivity index (χ1) is 12.9. The number of aromatic carboxylic acids is 1. The molecule has 0 spiro atoms. The quantitative estimate of drug-likeness (QED) is 0.408. The second-order valence-electron chi connectivity index (χ2n) is 5.66. The van der Waals surface area contributed by atoms with Crippen molar-refractivity contribution in [2.45, 2.75) is 11.1 Å². The van der Waals surface area contributed by atoms with Crippen LogP contribution in [-0.4, -0.2) is 34.6 Å². The smallest absolute Gasteiger partial charge is 0.417 e. The minimum absolute atomic E-state index is 0.0447. The van der Waals surface area contributed by atoms with Gasteiger partial charge < -0.3 is 20.5 Å². The van der Waals surface area contributed by atoms with Crippen molar-refractivity contribution in [3.63, 3.8) is 0 Å². The number of carboxylic acids is 1. The standard InChI is InChI=1S/C15H11F3N4O5S/c16-15(17,18)8-4-9-10(5-12(8)28(19,26)27)22-14(21-9)20-6-1-2-11(23)7(3-6)13(24)25/h1-5,23H,(H,24,25)(H2,19,26,27)(H2,20,21,22). The first-order valence-electron chi connectivity index (χ1n) is 7.33. The summed E-state index contributed by atoms with van der Waals surface area (Å²) in [5.74, 6) is -1.95. The highest BCUT2D eigenvalue weighted by Crippen LogP contribution is 2.36. The number of aromatic amines is 1. The van der Waals surface area contributed by atoms with Gasteiger partial charge in [-0.2, -0.15) is 13.2 Å². The molecule has 28 heavy (non-hydrogen) atoms. The molecule has 1 aromatic heterocycles. The van der Waals surface area contributed by atoms with E-state index in [2.05, 4.69) is 15.3 Å². The third-order valence-corrected chi connectivity index (χ3v) is 4.64. The van der Waals surface area contributed by atoms with E-state index < -0.39 is 43.9 Å². The first-order valence-corrected chi connectivity index (χ1v) is 8.88. The Balaban J connectivity index is 2.08. The van der Waals surface area contributed by atoms with Gasteiger partial charge in [0, 0.05) is 5.69 Å². The highest BCUT2D eigenvalue weighted by molar-refractivity contribution is 7.89. The van der Waals surface area contributed by atoms with Crippen LogP contribution in [0.15, 0.2) is 35.2 Å². The minimum atomic E-state index is -4.98. The van der Waals surface area contributed by atoms with Gasteiger partial charge in [-0.15, -0.1) is 0 Å². The normalized spacial score (nSPS) is 12.3. The molecule has 0 unspecified atom stereocenters. The number of nitrogens with two attached hydrogens (primary N) is 1. The summed E-state index contributed by atoms with van der Waals surface area (Å²) in [5, 5.41) is 26.0. The average Bonchev–Trinajstić information content (AvgIpc) is 2.95. The maximum Gasteiger partial charge on any atom is 0.417 e. The molecule has 1 heterocycles. The summed E-state index contributed by atoms with van der Waals surface area (Å²) in [7, 11) is -4.66. The molecule has 0 atom stereocenters. The number of hydrogen-bond acceptors (Lipinski definition) is 6. The van der Waals surface area contributed by atoms with Gasteiger partial charge in [0.25, 0.3) is 0 Å². The van der Waals surface area contributed by atoms with Crippen molar-refractivity contribution in [3.8, 4) is 5.75 Å². The van der Waals surface area contributed by atoms with E-state index in [9.17, 15) is 31.5 Å².